The summed E-state index contributed by atoms with van der Waals surface area (Å²) in [6.45, 7) is 1.59. The number of nitriles is 1. The standard InChI is InChI=1S/C10H10BrN3O4S/c1-2-18-10(15)14-19(16,17)13-9-4-3-8(11)5-7(9)6-12/h3-5,13H,2H2,1H3,(H,14,15). The molecule has 0 saturated heterocycles. The van der Waals surface area contributed by atoms with Crippen molar-refractivity contribution >= 4 is 37.9 Å². The van der Waals surface area contributed by atoms with Crippen molar-refractivity contribution in [2.24, 2.45) is 0 Å². The number of ether oxygens (including phenoxy) is 1. The molecule has 0 atom stereocenters. The Balaban J connectivity index is 2.90. The van der Waals surface area contributed by atoms with E-state index in [1.165, 1.54) is 12.1 Å². The number of amides is 1. The van der Waals surface area contributed by atoms with Gasteiger partial charge >= 0.3 is 16.3 Å². The highest BCUT2D eigenvalue weighted by atomic mass is 79.9. The van der Waals surface area contributed by atoms with Crippen LogP contribution in [0.4, 0.5) is 10.5 Å². The molecule has 0 aliphatic rings. The van der Waals surface area contributed by atoms with E-state index in [9.17, 15) is 13.2 Å². The smallest absolute Gasteiger partial charge is 0.422 e. The van der Waals surface area contributed by atoms with Crippen LogP contribution in [0.25, 0.3) is 0 Å². The SMILES string of the molecule is CCOC(=O)NS(=O)(=O)Nc1ccc(Br)cc1C#N. The number of nitrogens with zero attached hydrogens (tertiary/aromatic N) is 1. The second-order valence-electron chi connectivity index (χ2n) is 3.23. The van der Waals surface area contributed by atoms with Gasteiger partial charge in [0.1, 0.15) is 6.07 Å². The number of hydrogen-bond donors (Lipinski definition) is 2. The Morgan fingerprint density at radius 3 is 2.79 bits per heavy atom. The van der Waals surface area contributed by atoms with Gasteiger partial charge in [-0.1, -0.05) is 15.9 Å². The van der Waals surface area contributed by atoms with E-state index in [2.05, 4.69) is 25.4 Å². The molecule has 1 aromatic carbocycles. The van der Waals surface area contributed by atoms with Crippen molar-refractivity contribution in [3.63, 3.8) is 0 Å². The Hall–Kier alpha value is -1.79. The van der Waals surface area contributed by atoms with Crippen LogP contribution in [0, 0.1) is 11.3 Å². The second-order valence-corrected chi connectivity index (χ2v) is 5.56. The molecule has 102 valence electrons. The molecule has 2 N–H and O–H groups in total. The molecular formula is C10H10BrN3O4S. The molecule has 0 heterocycles. The van der Waals surface area contributed by atoms with Crippen LogP contribution in [0.15, 0.2) is 22.7 Å². The van der Waals surface area contributed by atoms with Gasteiger partial charge in [-0.2, -0.15) is 13.7 Å². The highest BCUT2D eigenvalue weighted by Crippen LogP contribution is 2.20. The van der Waals surface area contributed by atoms with Crippen molar-refractivity contribution in [1.29, 1.82) is 5.26 Å². The van der Waals surface area contributed by atoms with E-state index in [4.69, 9.17) is 5.26 Å². The number of halogens is 1. The molecule has 7 nitrogen and oxygen atoms in total. The minimum absolute atomic E-state index is 0.0447. The fourth-order valence-electron chi connectivity index (χ4n) is 1.14. The first-order valence-corrected chi connectivity index (χ1v) is 7.32. The van der Waals surface area contributed by atoms with Gasteiger partial charge in [0.15, 0.2) is 0 Å². The molecule has 0 aromatic heterocycles. The number of nitrogens with one attached hydrogen (secondary N) is 2. The monoisotopic (exact) mass is 347 g/mol. The van der Waals surface area contributed by atoms with Crippen LogP contribution in [-0.2, 0) is 14.9 Å². The molecule has 1 amide bonds. The Kier molecular flexibility index (Phi) is 5.14. The predicted molar refractivity (Wildman–Crippen MR) is 71.6 cm³/mol. The van der Waals surface area contributed by atoms with Crippen molar-refractivity contribution in [3.05, 3.63) is 28.2 Å². The maximum atomic E-state index is 11.6. The summed E-state index contributed by atoms with van der Waals surface area (Å²) in [4.78, 5) is 11.0. The third-order valence-electron chi connectivity index (χ3n) is 1.84. The number of anilines is 1. The average Bonchev–Trinajstić information content (AvgIpc) is 2.30. The first-order valence-electron chi connectivity index (χ1n) is 5.05. The molecule has 0 bridgehead atoms. The summed E-state index contributed by atoms with van der Waals surface area (Å²) in [7, 11) is -4.14. The Bertz CT molecular complexity index is 624. The van der Waals surface area contributed by atoms with Gasteiger partial charge in [-0.3, -0.25) is 4.72 Å². The minimum Gasteiger partial charge on any atom is -0.449 e. The van der Waals surface area contributed by atoms with E-state index in [-0.39, 0.29) is 17.9 Å². The van der Waals surface area contributed by atoms with Gasteiger partial charge in [0.25, 0.3) is 0 Å². The highest BCUT2D eigenvalue weighted by Gasteiger charge is 2.16. The third-order valence-corrected chi connectivity index (χ3v) is 3.26. The maximum Gasteiger partial charge on any atom is 0.422 e. The maximum absolute atomic E-state index is 11.6. The summed E-state index contributed by atoms with van der Waals surface area (Å²) in [5, 5.41) is 8.89. The Labute approximate surface area is 118 Å². The van der Waals surface area contributed by atoms with E-state index in [1.807, 2.05) is 6.07 Å². The molecular weight excluding hydrogens is 338 g/mol. The molecule has 1 aromatic rings. The Morgan fingerprint density at radius 1 is 1.53 bits per heavy atom. The lowest BCUT2D eigenvalue weighted by molar-refractivity contribution is 0.159. The molecule has 0 unspecified atom stereocenters. The van der Waals surface area contributed by atoms with Crippen LogP contribution in [0.1, 0.15) is 12.5 Å². The number of rotatable bonds is 4. The summed E-state index contributed by atoms with van der Waals surface area (Å²) in [5.41, 5.74) is 0.172. The second kappa shape index (κ2) is 6.40. The van der Waals surface area contributed by atoms with Crippen LogP contribution < -0.4 is 9.44 Å². The van der Waals surface area contributed by atoms with E-state index in [0.29, 0.717) is 4.47 Å². The zero-order chi connectivity index (χ0) is 14.5. The number of hydrogen-bond acceptors (Lipinski definition) is 5. The van der Waals surface area contributed by atoms with Gasteiger partial charge in [-0.25, -0.2) is 9.52 Å². The Morgan fingerprint density at radius 2 is 2.21 bits per heavy atom. The van der Waals surface area contributed by atoms with E-state index in [1.54, 1.807) is 17.7 Å². The molecule has 0 aliphatic heterocycles. The lowest BCUT2D eigenvalue weighted by Gasteiger charge is -2.10. The van der Waals surface area contributed by atoms with Crippen LogP contribution in [0.5, 0.6) is 0 Å². The van der Waals surface area contributed by atoms with Crippen molar-refractivity contribution in [2.45, 2.75) is 6.92 Å². The molecule has 0 fully saturated rings. The summed E-state index contributed by atoms with van der Waals surface area (Å²) in [5.74, 6) is 0. The summed E-state index contributed by atoms with van der Waals surface area (Å²) >= 11 is 3.16. The largest absolute Gasteiger partial charge is 0.449 e. The van der Waals surface area contributed by atoms with Crippen LogP contribution >= 0.6 is 15.9 Å². The minimum atomic E-state index is -4.14. The zero-order valence-corrected chi connectivity index (χ0v) is 12.2. The number of benzene rings is 1. The molecule has 0 aliphatic carbocycles. The molecule has 0 saturated carbocycles. The van der Waals surface area contributed by atoms with Crippen molar-refractivity contribution in [2.75, 3.05) is 11.3 Å². The van der Waals surface area contributed by atoms with Crippen molar-refractivity contribution in [3.8, 4) is 6.07 Å². The predicted octanol–water partition coefficient (Wildman–Crippen LogP) is 1.72. The fourth-order valence-corrected chi connectivity index (χ4v) is 2.30. The molecule has 9 heteroatoms. The normalized spacial score (nSPS) is 10.4. The summed E-state index contributed by atoms with van der Waals surface area (Å²) in [6.07, 6.45) is -1.09. The number of carbonyl (C=O) groups is 1. The lowest BCUT2D eigenvalue weighted by atomic mass is 10.2. The molecule has 1 rings (SSSR count). The summed E-state index contributed by atoms with van der Waals surface area (Å²) in [6, 6.07) is 6.24. The van der Waals surface area contributed by atoms with E-state index >= 15 is 0 Å². The quantitative estimate of drug-likeness (QED) is 0.861. The molecule has 0 spiro atoms. The topological polar surface area (TPSA) is 108 Å². The van der Waals surface area contributed by atoms with Crippen molar-refractivity contribution < 1.29 is 17.9 Å². The first-order chi connectivity index (χ1) is 8.88. The van der Waals surface area contributed by atoms with Crippen molar-refractivity contribution in [1.82, 2.24) is 4.72 Å². The van der Waals surface area contributed by atoms with E-state index in [0.717, 1.165) is 0 Å². The molecule has 0 radical (unpaired) electrons. The van der Waals surface area contributed by atoms with Gasteiger partial charge < -0.3 is 4.74 Å². The fraction of sp³-hybridized carbons (Fsp3) is 0.200. The number of carbonyl (C=O) groups excluding carboxylic acids is 1. The average molecular weight is 348 g/mol. The zero-order valence-electron chi connectivity index (χ0n) is 9.81. The summed E-state index contributed by atoms with van der Waals surface area (Å²) < 4.78 is 32.0. The molecule has 19 heavy (non-hydrogen) atoms. The highest BCUT2D eigenvalue weighted by molar-refractivity contribution is 9.10. The van der Waals surface area contributed by atoms with Crippen LogP contribution in [0.3, 0.4) is 0 Å². The van der Waals surface area contributed by atoms with Gasteiger partial charge in [0, 0.05) is 4.47 Å². The van der Waals surface area contributed by atoms with Crippen LogP contribution in [-0.4, -0.2) is 21.1 Å². The van der Waals surface area contributed by atoms with Crippen LogP contribution in [0.2, 0.25) is 0 Å². The van der Waals surface area contributed by atoms with Gasteiger partial charge in [0.2, 0.25) is 0 Å². The first kappa shape index (κ1) is 15.3. The van der Waals surface area contributed by atoms with Gasteiger partial charge in [-0.05, 0) is 25.1 Å². The van der Waals surface area contributed by atoms with E-state index < -0.39 is 16.3 Å². The lowest BCUT2D eigenvalue weighted by Crippen LogP contribution is -2.35. The van der Waals surface area contributed by atoms with Gasteiger partial charge in [0.05, 0.1) is 17.9 Å². The van der Waals surface area contributed by atoms with Gasteiger partial charge in [-0.15, -0.1) is 0 Å². The third kappa shape index (κ3) is 4.76.